The van der Waals surface area contributed by atoms with Gasteiger partial charge in [0, 0.05) is 10.0 Å². The van der Waals surface area contributed by atoms with E-state index < -0.39 is 0 Å². The molecule has 20 heavy (non-hydrogen) atoms. The molecule has 0 fully saturated rings. The highest BCUT2D eigenvalue weighted by Crippen LogP contribution is 2.28. The molecule has 104 valence electrons. The molecule has 4 nitrogen and oxygen atoms in total. The second-order valence-corrected chi connectivity index (χ2v) is 5.39. The molecule has 5 heteroatoms. The summed E-state index contributed by atoms with van der Waals surface area (Å²) in [4.78, 5) is 0. The molecule has 2 aromatic rings. The Morgan fingerprint density at radius 1 is 1.15 bits per heavy atom. The predicted molar refractivity (Wildman–Crippen MR) is 82.6 cm³/mol. The molecular weight excluding hydrogens is 320 g/mol. The summed E-state index contributed by atoms with van der Waals surface area (Å²) in [6.45, 7) is 3.87. The van der Waals surface area contributed by atoms with E-state index in [0.717, 1.165) is 21.3 Å². The number of rotatable bonds is 3. The SMILES string of the molecule is Cc1cc(Br)ccc1Oc1ccc(/C(N)=N/O)c(C)c1. The van der Waals surface area contributed by atoms with Crippen molar-refractivity contribution in [1.29, 1.82) is 0 Å². The molecule has 0 aliphatic carbocycles. The van der Waals surface area contributed by atoms with Crippen molar-refractivity contribution in [3.8, 4) is 11.5 Å². The van der Waals surface area contributed by atoms with Gasteiger partial charge < -0.3 is 15.7 Å². The van der Waals surface area contributed by atoms with E-state index in [1.807, 2.05) is 38.1 Å². The van der Waals surface area contributed by atoms with E-state index in [1.165, 1.54) is 0 Å². The highest BCUT2D eigenvalue weighted by molar-refractivity contribution is 9.10. The van der Waals surface area contributed by atoms with Crippen molar-refractivity contribution in [3.63, 3.8) is 0 Å². The fourth-order valence-corrected chi connectivity index (χ4v) is 2.37. The lowest BCUT2D eigenvalue weighted by Crippen LogP contribution is -2.14. The van der Waals surface area contributed by atoms with Gasteiger partial charge in [-0.05, 0) is 61.4 Å². The lowest BCUT2D eigenvalue weighted by Gasteiger charge is -2.11. The summed E-state index contributed by atoms with van der Waals surface area (Å²) in [5, 5.41) is 11.7. The molecule has 0 atom stereocenters. The number of ether oxygens (including phenoxy) is 1. The first-order valence-electron chi connectivity index (χ1n) is 6.04. The molecule has 0 saturated carbocycles. The molecule has 0 bridgehead atoms. The minimum Gasteiger partial charge on any atom is -0.457 e. The van der Waals surface area contributed by atoms with E-state index in [4.69, 9.17) is 15.7 Å². The number of oxime groups is 1. The topological polar surface area (TPSA) is 67.8 Å². The van der Waals surface area contributed by atoms with Crippen LogP contribution in [0.4, 0.5) is 0 Å². The van der Waals surface area contributed by atoms with Gasteiger partial charge in [-0.2, -0.15) is 0 Å². The second-order valence-electron chi connectivity index (χ2n) is 4.47. The predicted octanol–water partition coefficient (Wildman–Crippen LogP) is 3.95. The molecule has 0 unspecified atom stereocenters. The molecule has 0 aromatic heterocycles. The molecule has 2 rings (SSSR count). The van der Waals surface area contributed by atoms with Crippen molar-refractivity contribution in [2.24, 2.45) is 10.9 Å². The van der Waals surface area contributed by atoms with E-state index in [-0.39, 0.29) is 5.84 Å². The van der Waals surface area contributed by atoms with E-state index >= 15 is 0 Å². The standard InChI is InChI=1S/C15H15BrN2O2/c1-9-8-12(4-5-13(9)15(17)18-19)20-14-6-3-11(16)7-10(14)2/h3-8,19H,1-2H3,(H2,17,18). The van der Waals surface area contributed by atoms with Crippen LogP contribution >= 0.6 is 15.9 Å². The molecular formula is C15H15BrN2O2. The zero-order valence-electron chi connectivity index (χ0n) is 11.2. The third-order valence-corrected chi connectivity index (χ3v) is 3.44. The summed E-state index contributed by atoms with van der Waals surface area (Å²) >= 11 is 3.42. The number of hydrogen-bond acceptors (Lipinski definition) is 3. The lowest BCUT2D eigenvalue weighted by atomic mass is 10.1. The summed E-state index contributed by atoms with van der Waals surface area (Å²) in [5.74, 6) is 1.60. The molecule has 0 aliphatic rings. The van der Waals surface area contributed by atoms with E-state index in [2.05, 4.69) is 21.1 Å². The maximum Gasteiger partial charge on any atom is 0.170 e. The maximum absolute atomic E-state index is 8.71. The zero-order chi connectivity index (χ0) is 14.7. The minimum atomic E-state index is 0.0915. The third-order valence-electron chi connectivity index (χ3n) is 2.95. The van der Waals surface area contributed by atoms with Crippen LogP contribution in [-0.2, 0) is 0 Å². The zero-order valence-corrected chi connectivity index (χ0v) is 12.8. The first-order chi connectivity index (χ1) is 9.51. The summed E-state index contributed by atoms with van der Waals surface area (Å²) < 4.78 is 6.86. The van der Waals surface area contributed by atoms with Gasteiger partial charge in [-0.3, -0.25) is 0 Å². The third kappa shape index (κ3) is 3.11. The molecule has 3 N–H and O–H groups in total. The van der Waals surface area contributed by atoms with Gasteiger partial charge in [0.05, 0.1) is 0 Å². The second kappa shape index (κ2) is 5.96. The largest absolute Gasteiger partial charge is 0.457 e. The van der Waals surface area contributed by atoms with Gasteiger partial charge in [0.1, 0.15) is 11.5 Å². The van der Waals surface area contributed by atoms with Gasteiger partial charge in [0.2, 0.25) is 0 Å². The van der Waals surface area contributed by atoms with Crippen LogP contribution in [0.25, 0.3) is 0 Å². The average molecular weight is 335 g/mol. The fraction of sp³-hybridized carbons (Fsp3) is 0.133. The van der Waals surface area contributed by atoms with E-state index in [1.54, 1.807) is 12.1 Å². The molecule has 0 radical (unpaired) electrons. The van der Waals surface area contributed by atoms with Gasteiger partial charge in [0.25, 0.3) is 0 Å². The lowest BCUT2D eigenvalue weighted by molar-refractivity contribution is 0.318. The molecule has 0 aliphatic heterocycles. The average Bonchev–Trinajstić information content (AvgIpc) is 2.41. The van der Waals surface area contributed by atoms with Crippen LogP contribution in [0.2, 0.25) is 0 Å². The molecule has 0 spiro atoms. The van der Waals surface area contributed by atoms with Crippen molar-refractivity contribution in [1.82, 2.24) is 0 Å². The number of hydrogen-bond donors (Lipinski definition) is 2. The molecule has 2 aromatic carbocycles. The first-order valence-corrected chi connectivity index (χ1v) is 6.83. The van der Waals surface area contributed by atoms with Crippen LogP contribution in [0.1, 0.15) is 16.7 Å². The summed E-state index contributed by atoms with van der Waals surface area (Å²) in [6, 6.07) is 11.3. The highest BCUT2D eigenvalue weighted by atomic mass is 79.9. The monoisotopic (exact) mass is 334 g/mol. The smallest absolute Gasteiger partial charge is 0.170 e. The molecule has 0 heterocycles. The normalized spacial score (nSPS) is 11.4. The van der Waals surface area contributed by atoms with Crippen LogP contribution in [0.15, 0.2) is 46.0 Å². The van der Waals surface area contributed by atoms with Crippen LogP contribution in [0.3, 0.4) is 0 Å². The van der Waals surface area contributed by atoms with Crippen LogP contribution in [-0.4, -0.2) is 11.0 Å². The summed E-state index contributed by atoms with van der Waals surface area (Å²) in [6.07, 6.45) is 0. The fourth-order valence-electron chi connectivity index (χ4n) is 1.90. The van der Waals surface area contributed by atoms with Crippen LogP contribution in [0.5, 0.6) is 11.5 Å². The number of aryl methyl sites for hydroxylation is 2. The first kappa shape index (κ1) is 14.4. The summed E-state index contributed by atoms with van der Waals surface area (Å²) in [7, 11) is 0. The Balaban J connectivity index is 2.29. The van der Waals surface area contributed by atoms with Crippen LogP contribution in [0, 0.1) is 13.8 Å². The van der Waals surface area contributed by atoms with Gasteiger partial charge in [0.15, 0.2) is 5.84 Å². The van der Waals surface area contributed by atoms with Gasteiger partial charge in [-0.25, -0.2) is 0 Å². The van der Waals surface area contributed by atoms with Crippen molar-refractivity contribution in [2.75, 3.05) is 0 Å². The number of halogens is 1. The van der Waals surface area contributed by atoms with E-state index in [0.29, 0.717) is 11.3 Å². The van der Waals surface area contributed by atoms with Gasteiger partial charge in [-0.15, -0.1) is 0 Å². The van der Waals surface area contributed by atoms with Crippen LogP contribution < -0.4 is 10.5 Å². The van der Waals surface area contributed by atoms with Gasteiger partial charge in [-0.1, -0.05) is 21.1 Å². The van der Waals surface area contributed by atoms with Crippen molar-refractivity contribution in [3.05, 3.63) is 57.6 Å². The summed E-state index contributed by atoms with van der Waals surface area (Å²) in [5.41, 5.74) is 8.20. The van der Waals surface area contributed by atoms with E-state index in [9.17, 15) is 0 Å². The van der Waals surface area contributed by atoms with Crippen molar-refractivity contribution < 1.29 is 9.94 Å². The van der Waals surface area contributed by atoms with Crippen molar-refractivity contribution >= 4 is 21.8 Å². The Hall–Kier alpha value is -2.01. The van der Waals surface area contributed by atoms with Gasteiger partial charge >= 0.3 is 0 Å². The van der Waals surface area contributed by atoms with Crippen molar-refractivity contribution in [2.45, 2.75) is 13.8 Å². The highest BCUT2D eigenvalue weighted by Gasteiger charge is 2.07. The maximum atomic E-state index is 8.71. The molecule has 0 saturated heterocycles. The molecule has 0 amide bonds. The minimum absolute atomic E-state index is 0.0915. The Morgan fingerprint density at radius 3 is 2.50 bits per heavy atom. The number of nitrogens with zero attached hydrogens (tertiary/aromatic N) is 1. The quantitative estimate of drug-likeness (QED) is 0.386. The number of amidine groups is 1. The Kier molecular flexibility index (Phi) is 4.29. The Labute approximate surface area is 126 Å². The Morgan fingerprint density at radius 2 is 1.90 bits per heavy atom. The number of nitrogens with two attached hydrogens (primary N) is 1. The Bertz CT molecular complexity index is 669. The number of benzene rings is 2.